The third kappa shape index (κ3) is 2.67. The van der Waals surface area contributed by atoms with E-state index in [0.717, 1.165) is 3.57 Å². The van der Waals surface area contributed by atoms with Gasteiger partial charge < -0.3 is 10.2 Å². The minimum atomic E-state index is -0.897. The number of hydrazine groups is 1. The van der Waals surface area contributed by atoms with Crippen LogP contribution in [-0.2, 0) is 0 Å². The van der Waals surface area contributed by atoms with Gasteiger partial charge in [-0.2, -0.15) is 4.98 Å². The number of pyridine rings is 1. The number of aromatic nitrogens is 1. The Bertz CT molecular complexity index is 580. The lowest BCUT2D eigenvalue weighted by atomic mass is 10.3. The molecule has 0 atom stereocenters. The van der Waals surface area contributed by atoms with Crippen molar-refractivity contribution >= 4 is 28.4 Å². The van der Waals surface area contributed by atoms with Gasteiger partial charge >= 0.3 is 0 Å². The summed E-state index contributed by atoms with van der Waals surface area (Å²) in [6.07, 6.45) is 0. The minimum Gasteiger partial charge on any atom is -0.435 e. The largest absolute Gasteiger partial charge is 0.435 e. The predicted octanol–water partition coefficient (Wildman–Crippen LogP) is 3.04. The molecule has 0 radical (unpaired) electrons. The van der Waals surface area contributed by atoms with Gasteiger partial charge in [0.05, 0.1) is 3.57 Å². The van der Waals surface area contributed by atoms with Crippen molar-refractivity contribution in [3.8, 4) is 11.6 Å². The Morgan fingerprint density at radius 3 is 2.61 bits per heavy atom. The van der Waals surface area contributed by atoms with Gasteiger partial charge in [0.2, 0.25) is 0 Å². The number of nitrogens with zero attached hydrogens (tertiary/aromatic N) is 1. The lowest BCUT2D eigenvalue weighted by Crippen LogP contribution is -2.11. The topological polar surface area (TPSA) is 60.2 Å². The van der Waals surface area contributed by atoms with Crippen LogP contribution >= 0.6 is 22.6 Å². The van der Waals surface area contributed by atoms with Crippen molar-refractivity contribution in [2.24, 2.45) is 5.84 Å². The maximum atomic E-state index is 13.5. The third-order valence-corrected chi connectivity index (χ3v) is 2.97. The van der Waals surface area contributed by atoms with E-state index in [-0.39, 0.29) is 11.7 Å². The number of benzene rings is 1. The number of nitrogen functional groups attached to an aromatic ring is 1. The first-order valence-electron chi connectivity index (χ1n) is 4.87. The average molecular weight is 363 g/mol. The van der Waals surface area contributed by atoms with Gasteiger partial charge in [-0.25, -0.2) is 14.6 Å². The Morgan fingerprint density at radius 2 is 1.94 bits per heavy atom. The molecule has 0 saturated heterocycles. The van der Waals surface area contributed by atoms with Gasteiger partial charge in [0.1, 0.15) is 5.75 Å². The first kappa shape index (κ1) is 13.0. The number of nitrogens with two attached hydrogens (primary N) is 1. The highest BCUT2D eigenvalue weighted by atomic mass is 127. The second kappa shape index (κ2) is 5.44. The van der Waals surface area contributed by atoms with Crippen LogP contribution in [0.1, 0.15) is 0 Å². The molecule has 0 aliphatic rings. The van der Waals surface area contributed by atoms with Crippen molar-refractivity contribution in [3.05, 3.63) is 45.5 Å². The molecule has 94 valence electrons. The highest BCUT2D eigenvalue weighted by Gasteiger charge is 2.14. The van der Waals surface area contributed by atoms with Crippen LogP contribution in [0.15, 0.2) is 30.3 Å². The fourth-order valence-corrected chi connectivity index (χ4v) is 1.75. The van der Waals surface area contributed by atoms with Crippen LogP contribution in [0.3, 0.4) is 0 Å². The summed E-state index contributed by atoms with van der Waals surface area (Å²) in [6.45, 7) is 0. The minimum absolute atomic E-state index is 0.280. The molecule has 1 heterocycles. The van der Waals surface area contributed by atoms with Crippen LogP contribution < -0.4 is 16.0 Å². The number of halogens is 3. The fourth-order valence-electron chi connectivity index (χ4n) is 1.25. The zero-order valence-corrected chi connectivity index (χ0v) is 11.1. The standard InChI is InChI=1S/C11H8F2IN3O/c12-6-5-7(13)11(16-10(6)17-15)18-9-4-2-1-3-8(9)14/h1-5H,15H2,(H,16,17). The van der Waals surface area contributed by atoms with Crippen LogP contribution in [-0.4, -0.2) is 4.98 Å². The highest BCUT2D eigenvalue weighted by Crippen LogP contribution is 2.28. The lowest BCUT2D eigenvalue weighted by Gasteiger charge is -2.09. The number of anilines is 1. The monoisotopic (exact) mass is 363 g/mol. The number of nitrogens with one attached hydrogen (secondary N) is 1. The first-order valence-corrected chi connectivity index (χ1v) is 5.94. The molecular weight excluding hydrogens is 355 g/mol. The molecule has 7 heteroatoms. The van der Waals surface area contributed by atoms with E-state index in [1.807, 2.05) is 34.1 Å². The molecule has 0 aliphatic heterocycles. The summed E-state index contributed by atoms with van der Waals surface area (Å²) < 4.78 is 32.7. The molecular formula is C11H8F2IN3O. The van der Waals surface area contributed by atoms with Crippen LogP contribution in [0.4, 0.5) is 14.6 Å². The zero-order valence-electron chi connectivity index (χ0n) is 8.95. The molecule has 0 aliphatic carbocycles. The second-order valence-corrected chi connectivity index (χ2v) is 4.44. The Balaban J connectivity index is 2.38. The molecule has 18 heavy (non-hydrogen) atoms. The van der Waals surface area contributed by atoms with Gasteiger partial charge in [-0.05, 0) is 34.7 Å². The van der Waals surface area contributed by atoms with E-state index < -0.39 is 11.6 Å². The molecule has 0 saturated carbocycles. The van der Waals surface area contributed by atoms with E-state index in [0.29, 0.717) is 11.8 Å². The number of para-hydroxylation sites is 1. The Hall–Kier alpha value is -1.48. The number of hydrogen-bond acceptors (Lipinski definition) is 4. The van der Waals surface area contributed by atoms with Crippen molar-refractivity contribution in [1.82, 2.24) is 4.98 Å². The van der Waals surface area contributed by atoms with E-state index in [9.17, 15) is 8.78 Å². The first-order chi connectivity index (χ1) is 8.61. The lowest BCUT2D eigenvalue weighted by molar-refractivity contribution is 0.416. The van der Waals surface area contributed by atoms with E-state index in [1.165, 1.54) is 0 Å². The Morgan fingerprint density at radius 1 is 1.22 bits per heavy atom. The zero-order chi connectivity index (χ0) is 13.1. The van der Waals surface area contributed by atoms with Gasteiger partial charge in [0.25, 0.3) is 5.88 Å². The van der Waals surface area contributed by atoms with Crippen LogP contribution in [0, 0.1) is 15.2 Å². The van der Waals surface area contributed by atoms with Crippen LogP contribution in [0.2, 0.25) is 0 Å². The molecule has 3 N–H and O–H groups in total. The molecule has 0 fully saturated rings. The smallest absolute Gasteiger partial charge is 0.258 e. The van der Waals surface area contributed by atoms with E-state index in [4.69, 9.17) is 10.6 Å². The summed E-state index contributed by atoms with van der Waals surface area (Å²) in [4.78, 5) is 3.62. The average Bonchev–Trinajstić information content (AvgIpc) is 2.35. The van der Waals surface area contributed by atoms with Gasteiger partial charge in [0, 0.05) is 6.07 Å². The maximum Gasteiger partial charge on any atom is 0.258 e. The van der Waals surface area contributed by atoms with Crippen molar-refractivity contribution < 1.29 is 13.5 Å². The molecule has 4 nitrogen and oxygen atoms in total. The van der Waals surface area contributed by atoms with Gasteiger partial charge in [-0.3, -0.25) is 0 Å². The summed E-state index contributed by atoms with van der Waals surface area (Å²) in [7, 11) is 0. The van der Waals surface area contributed by atoms with Crippen LogP contribution in [0.25, 0.3) is 0 Å². The summed E-state index contributed by atoms with van der Waals surface area (Å²) in [5, 5.41) is 0. The second-order valence-electron chi connectivity index (χ2n) is 3.28. The SMILES string of the molecule is NNc1nc(Oc2ccccc2I)c(F)cc1F. The number of ether oxygens (including phenoxy) is 1. The maximum absolute atomic E-state index is 13.5. The van der Waals surface area contributed by atoms with Crippen molar-refractivity contribution in [2.45, 2.75) is 0 Å². The molecule has 0 amide bonds. The number of rotatable bonds is 3. The molecule has 2 aromatic rings. The third-order valence-electron chi connectivity index (χ3n) is 2.08. The highest BCUT2D eigenvalue weighted by molar-refractivity contribution is 14.1. The van der Waals surface area contributed by atoms with Gasteiger partial charge in [0.15, 0.2) is 17.5 Å². The predicted molar refractivity (Wildman–Crippen MR) is 71.2 cm³/mol. The van der Waals surface area contributed by atoms with Crippen molar-refractivity contribution in [1.29, 1.82) is 0 Å². The molecule has 1 aromatic carbocycles. The Labute approximate surface area is 115 Å². The van der Waals surface area contributed by atoms with E-state index in [2.05, 4.69) is 4.98 Å². The Kier molecular flexibility index (Phi) is 3.92. The van der Waals surface area contributed by atoms with Crippen molar-refractivity contribution in [2.75, 3.05) is 5.43 Å². The summed E-state index contributed by atoms with van der Waals surface area (Å²) in [6, 6.07) is 7.66. The van der Waals surface area contributed by atoms with E-state index >= 15 is 0 Å². The quantitative estimate of drug-likeness (QED) is 0.500. The van der Waals surface area contributed by atoms with E-state index in [1.54, 1.807) is 18.2 Å². The normalized spacial score (nSPS) is 10.2. The molecule has 0 unspecified atom stereocenters. The summed E-state index contributed by atoms with van der Waals surface area (Å²) in [5.41, 5.74) is 2.03. The molecule has 1 aromatic heterocycles. The molecule has 0 bridgehead atoms. The fraction of sp³-hybridized carbons (Fsp3) is 0. The van der Waals surface area contributed by atoms with Crippen molar-refractivity contribution in [3.63, 3.8) is 0 Å². The molecule has 0 spiro atoms. The van der Waals surface area contributed by atoms with Gasteiger partial charge in [-0.1, -0.05) is 12.1 Å². The van der Waals surface area contributed by atoms with Crippen LogP contribution in [0.5, 0.6) is 11.6 Å². The van der Waals surface area contributed by atoms with Gasteiger partial charge in [-0.15, -0.1) is 0 Å². The molecule has 2 rings (SSSR count). The summed E-state index contributed by atoms with van der Waals surface area (Å²) in [5.74, 6) is 3.09. The number of hydrogen-bond donors (Lipinski definition) is 2. The summed E-state index contributed by atoms with van der Waals surface area (Å²) >= 11 is 2.03.